The summed E-state index contributed by atoms with van der Waals surface area (Å²) in [5, 5.41) is 9.83. The number of allylic oxidation sites excluding steroid dienone is 4. The first-order valence-electron chi connectivity index (χ1n) is 8.93. The van der Waals surface area contributed by atoms with Gasteiger partial charge in [0.15, 0.2) is 0 Å². The maximum atomic E-state index is 11.9. The van der Waals surface area contributed by atoms with Gasteiger partial charge in [-0.1, -0.05) is 44.9 Å². The van der Waals surface area contributed by atoms with Crippen LogP contribution >= 0.6 is 0 Å². The minimum absolute atomic E-state index is 0. The Hall–Kier alpha value is 0.210. The van der Waals surface area contributed by atoms with E-state index in [0.717, 1.165) is 19.3 Å². The van der Waals surface area contributed by atoms with Gasteiger partial charge >= 0.3 is 43.7 Å². The van der Waals surface area contributed by atoms with Crippen LogP contribution in [-0.2, 0) is 4.79 Å². The molecule has 0 spiro atoms. The zero-order valence-corrected chi connectivity index (χ0v) is 17.4. The largest absolute Gasteiger partial charge is 2.00 e. The summed E-state index contributed by atoms with van der Waals surface area (Å²) in [5.41, 5.74) is 2.69. The maximum Gasteiger partial charge on any atom is 2.00 e. The first-order valence-corrected chi connectivity index (χ1v) is 8.93. The van der Waals surface area contributed by atoms with E-state index in [2.05, 4.69) is 32.9 Å². The molecular formula is C20H32CaO2. The molecule has 23 heavy (non-hydrogen) atoms. The van der Waals surface area contributed by atoms with Crippen molar-refractivity contribution in [2.24, 2.45) is 28.6 Å². The van der Waals surface area contributed by atoms with Gasteiger partial charge in [-0.3, -0.25) is 4.79 Å². The number of fused-ring (bicyclic) bond motifs is 3. The fraction of sp³-hybridized carbons (Fsp3) is 0.750. The van der Waals surface area contributed by atoms with Crippen molar-refractivity contribution in [3.8, 4) is 0 Å². The molecule has 0 aromatic carbocycles. The molecule has 126 valence electrons. The van der Waals surface area contributed by atoms with E-state index in [4.69, 9.17) is 0 Å². The molecule has 3 aliphatic rings. The molecule has 1 fully saturated rings. The van der Waals surface area contributed by atoms with Crippen LogP contribution in [0, 0.1) is 28.6 Å². The van der Waals surface area contributed by atoms with Gasteiger partial charge in [0.05, 0.1) is 5.41 Å². The number of carboxylic acids is 1. The van der Waals surface area contributed by atoms with Crippen molar-refractivity contribution in [1.82, 2.24) is 0 Å². The Labute approximate surface area is 173 Å². The van der Waals surface area contributed by atoms with Crippen LogP contribution in [0.1, 0.15) is 69.1 Å². The predicted molar refractivity (Wildman–Crippen MR) is 97.5 cm³/mol. The first-order chi connectivity index (χ1) is 10.3. The first kappa shape index (κ1) is 19.5. The van der Waals surface area contributed by atoms with Gasteiger partial charge in [-0.15, -0.1) is 0 Å². The Kier molecular flexibility index (Phi) is 5.81. The molecule has 3 aliphatic carbocycles. The predicted octanol–water partition coefficient (Wildman–Crippen LogP) is 5.05. The average molecular weight is 345 g/mol. The van der Waals surface area contributed by atoms with Gasteiger partial charge in [0, 0.05) is 0 Å². The Morgan fingerprint density at radius 2 is 2.04 bits per heavy atom. The summed E-state index contributed by atoms with van der Waals surface area (Å²) in [4.78, 5) is 11.9. The second-order valence-corrected chi connectivity index (χ2v) is 8.54. The van der Waals surface area contributed by atoms with E-state index in [0.29, 0.717) is 11.8 Å². The van der Waals surface area contributed by atoms with Crippen molar-refractivity contribution in [2.45, 2.75) is 66.2 Å². The van der Waals surface area contributed by atoms with Crippen LogP contribution in [0.5, 0.6) is 0 Å². The zero-order chi connectivity index (χ0) is 16.1. The third kappa shape index (κ3) is 3.09. The van der Waals surface area contributed by atoms with Crippen LogP contribution < -0.4 is 0 Å². The van der Waals surface area contributed by atoms with Crippen molar-refractivity contribution in [1.29, 1.82) is 0 Å². The number of hydrogen-bond acceptors (Lipinski definition) is 1. The molecule has 0 amide bonds. The van der Waals surface area contributed by atoms with E-state index in [-0.39, 0.29) is 51.9 Å². The van der Waals surface area contributed by atoms with Crippen molar-refractivity contribution in [2.75, 3.05) is 0 Å². The van der Waals surface area contributed by atoms with Crippen molar-refractivity contribution in [3.05, 3.63) is 23.3 Å². The summed E-state index contributed by atoms with van der Waals surface area (Å²) < 4.78 is 0. The van der Waals surface area contributed by atoms with E-state index in [1.54, 1.807) is 5.57 Å². The van der Waals surface area contributed by atoms with Crippen LogP contribution in [0.25, 0.3) is 0 Å². The quantitative estimate of drug-likeness (QED) is 0.712. The number of rotatable bonds is 2. The molecule has 3 heteroatoms. The van der Waals surface area contributed by atoms with E-state index >= 15 is 0 Å². The topological polar surface area (TPSA) is 37.3 Å². The molecule has 0 heterocycles. The van der Waals surface area contributed by atoms with Crippen LogP contribution in [0.4, 0.5) is 0 Å². The van der Waals surface area contributed by atoms with E-state index in [1.165, 1.54) is 24.8 Å². The number of carbonyl (C=O) groups is 1. The van der Waals surface area contributed by atoms with E-state index < -0.39 is 11.4 Å². The molecule has 0 unspecified atom stereocenters. The average Bonchev–Trinajstić information content (AvgIpc) is 2.46. The molecule has 0 radical (unpaired) electrons. The molecule has 0 bridgehead atoms. The molecule has 0 aromatic rings. The molecule has 3 rings (SSSR count). The van der Waals surface area contributed by atoms with Gasteiger partial charge in [-0.05, 0) is 67.8 Å². The van der Waals surface area contributed by atoms with Crippen molar-refractivity contribution >= 4 is 43.7 Å². The summed E-state index contributed by atoms with van der Waals surface area (Å²) in [7, 11) is 0. The van der Waals surface area contributed by atoms with Crippen LogP contribution in [0.15, 0.2) is 23.3 Å². The van der Waals surface area contributed by atoms with Crippen LogP contribution in [0.2, 0.25) is 0 Å². The fourth-order valence-electron chi connectivity index (χ4n) is 5.60. The molecular weight excluding hydrogens is 312 g/mol. The second-order valence-electron chi connectivity index (χ2n) is 8.54. The molecule has 1 N–H and O–H groups in total. The molecule has 1 saturated carbocycles. The van der Waals surface area contributed by atoms with Crippen LogP contribution in [0.3, 0.4) is 0 Å². The van der Waals surface area contributed by atoms with E-state index in [1.807, 2.05) is 6.92 Å². The van der Waals surface area contributed by atoms with Gasteiger partial charge in [0.1, 0.15) is 0 Å². The summed E-state index contributed by atoms with van der Waals surface area (Å²) in [6.45, 7) is 8.93. The summed E-state index contributed by atoms with van der Waals surface area (Å²) >= 11 is 0. The zero-order valence-electron chi connectivity index (χ0n) is 17.2. The molecule has 2 nitrogen and oxygen atoms in total. The Bertz CT molecular complexity index is 558. The summed E-state index contributed by atoms with van der Waals surface area (Å²) in [5.74, 6) is 0.888. The van der Waals surface area contributed by atoms with Gasteiger partial charge in [0.25, 0.3) is 0 Å². The Morgan fingerprint density at radius 1 is 1.35 bits per heavy atom. The number of carboxylic acid groups (broad SMARTS) is 1. The van der Waals surface area contributed by atoms with Gasteiger partial charge in [0.2, 0.25) is 0 Å². The van der Waals surface area contributed by atoms with Crippen molar-refractivity contribution < 1.29 is 12.8 Å². The van der Waals surface area contributed by atoms with Crippen molar-refractivity contribution in [3.63, 3.8) is 0 Å². The molecule has 4 atom stereocenters. The summed E-state index contributed by atoms with van der Waals surface area (Å²) in [6, 6.07) is 0. The Morgan fingerprint density at radius 3 is 2.65 bits per heavy atom. The monoisotopic (exact) mass is 344 g/mol. The van der Waals surface area contributed by atoms with Gasteiger partial charge in [-0.25, -0.2) is 0 Å². The van der Waals surface area contributed by atoms with Gasteiger partial charge in [-0.2, -0.15) is 0 Å². The van der Waals surface area contributed by atoms with E-state index in [9.17, 15) is 9.90 Å². The third-order valence-corrected chi connectivity index (χ3v) is 7.07. The fourth-order valence-corrected chi connectivity index (χ4v) is 5.60. The SMILES string of the molecule is CC(C)C1=CC2=CC[C@@H]3[C@](C)(CCC[C@@]3(C)C(=O)O)[C@H]2CC1.[Ca+2].[H-].[H-]. The molecule has 0 saturated heterocycles. The standard InChI is InChI=1S/C20H30O2.Ca.2H/c1-13(2)14-6-8-16-15(12-14)7-9-17-19(16,3)10-5-11-20(17,4)18(21)22;;;/h7,12-13,16-17H,5-6,8-11H2,1-4H3,(H,21,22);;;/q;+2;2*-1/t16-,17+,19+,20+;;;/m0.../s1. The molecule has 0 aliphatic heterocycles. The maximum absolute atomic E-state index is 11.9. The number of hydrogen-bond donors (Lipinski definition) is 1. The van der Waals surface area contributed by atoms with Crippen LogP contribution in [-0.4, -0.2) is 48.8 Å². The molecule has 0 aromatic heterocycles. The minimum Gasteiger partial charge on any atom is -1.00 e. The Balaban J connectivity index is 0.00000192. The second kappa shape index (κ2) is 6.84. The normalized spacial score (nSPS) is 39.5. The van der Waals surface area contributed by atoms with Gasteiger partial charge < -0.3 is 7.96 Å². The minimum atomic E-state index is -0.588. The third-order valence-electron chi connectivity index (χ3n) is 7.07. The number of aliphatic carboxylic acids is 1. The summed E-state index contributed by atoms with van der Waals surface area (Å²) in [6.07, 6.45) is 11.2. The smallest absolute Gasteiger partial charge is 1.00 e.